The Labute approximate surface area is 111 Å². The summed E-state index contributed by atoms with van der Waals surface area (Å²) in [5.74, 6) is 6.32. The molecule has 0 aromatic heterocycles. The molecule has 2 aromatic rings. The summed E-state index contributed by atoms with van der Waals surface area (Å²) >= 11 is 0. The van der Waals surface area contributed by atoms with Crippen LogP contribution < -0.4 is 0 Å². The standard InChI is InChI=1S/C16H14.C2H6/c1-13-3-7-15(8-4-13)11-12-16-9-5-14(2)6-10-16;1-2/h3-10H,1-2H3;1-2H3. The van der Waals surface area contributed by atoms with Crippen LogP contribution in [0, 0.1) is 25.7 Å². The minimum absolute atomic E-state index is 1.06. The molecule has 0 fully saturated rings. The maximum atomic E-state index is 3.16. The van der Waals surface area contributed by atoms with Crippen LogP contribution in [0.5, 0.6) is 0 Å². The van der Waals surface area contributed by atoms with Crippen LogP contribution in [-0.4, -0.2) is 0 Å². The number of benzene rings is 2. The first-order chi connectivity index (χ1) is 8.74. The molecule has 2 aromatic carbocycles. The summed E-state index contributed by atoms with van der Waals surface area (Å²) in [6.07, 6.45) is 0. The minimum atomic E-state index is 1.06. The summed E-state index contributed by atoms with van der Waals surface area (Å²) in [6, 6.07) is 16.5. The Morgan fingerprint density at radius 1 is 0.556 bits per heavy atom. The quantitative estimate of drug-likeness (QED) is 0.580. The van der Waals surface area contributed by atoms with E-state index in [0.29, 0.717) is 0 Å². The molecule has 0 N–H and O–H groups in total. The zero-order valence-corrected chi connectivity index (χ0v) is 11.6. The Hall–Kier alpha value is -2.00. The molecule has 0 bridgehead atoms. The normalized spacial score (nSPS) is 8.67. The molecule has 0 unspecified atom stereocenters. The molecule has 0 atom stereocenters. The minimum Gasteiger partial charge on any atom is -0.0683 e. The van der Waals surface area contributed by atoms with E-state index in [1.54, 1.807) is 0 Å². The van der Waals surface area contributed by atoms with E-state index < -0.39 is 0 Å². The number of rotatable bonds is 0. The van der Waals surface area contributed by atoms with Crippen molar-refractivity contribution in [1.29, 1.82) is 0 Å². The van der Waals surface area contributed by atoms with Crippen LogP contribution in [0.2, 0.25) is 0 Å². The topological polar surface area (TPSA) is 0 Å². The Balaban J connectivity index is 0.000000771. The summed E-state index contributed by atoms with van der Waals surface area (Å²) in [7, 11) is 0. The summed E-state index contributed by atoms with van der Waals surface area (Å²) in [5.41, 5.74) is 4.65. The van der Waals surface area contributed by atoms with Gasteiger partial charge in [0, 0.05) is 11.1 Å². The molecular weight excluding hydrogens is 216 g/mol. The van der Waals surface area contributed by atoms with Gasteiger partial charge in [0.1, 0.15) is 0 Å². The van der Waals surface area contributed by atoms with Gasteiger partial charge in [-0.15, -0.1) is 0 Å². The summed E-state index contributed by atoms with van der Waals surface area (Å²) < 4.78 is 0. The van der Waals surface area contributed by atoms with E-state index in [4.69, 9.17) is 0 Å². The van der Waals surface area contributed by atoms with E-state index >= 15 is 0 Å². The van der Waals surface area contributed by atoms with Gasteiger partial charge in [-0.2, -0.15) is 0 Å². The summed E-state index contributed by atoms with van der Waals surface area (Å²) in [4.78, 5) is 0. The Kier molecular flexibility index (Phi) is 5.74. The fraction of sp³-hybridized carbons (Fsp3) is 0.222. The average molecular weight is 236 g/mol. The Morgan fingerprint density at radius 2 is 0.833 bits per heavy atom. The molecule has 0 heteroatoms. The zero-order valence-electron chi connectivity index (χ0n) is 11.6. The molecule has 0 saturated heterocycles. The molecule has 0 spiro atoms. The Morgan fingerprint density at radius 3 is 1.11 bits per heavy atom. The fourth-order valence-electron chi connectivity index (χ4n) is 1.42. The van der Waals surface area contributed by atoms with Crippen LogP contribution in [0.15, 0.2) is 48.5 Å². The van der Waals surface area contributed by atoms with Gasteiger partial charge in [-0.1, -0.05) is 61.1 Å². The van der Waals surface area contributed by atoms with Crippen LogP contribution in [-0.2, 0) is 0 Å². The van der Waals surface area contributed by atoms with Gasteiger partial charge in [0.05, 0.1) is 0 Å². The van der Waals surface area contributed by atoms with Gasteiger partial charge in [-0.3, -0.25) is 0 Å². The molecule has 0 amide bonds. The second-order valence-electron chi connectivity index (χ2n) is 3.98. The SMILES string of the molecule is CC.Cc1ccc(C#Cc2ccc(C)cc2)cc1. The first-order valence-corrected chi connectivity index (χ1v) is 6.39. The lowest BCUT2D eigenvalue weighted by Gasteiger charge is -1.93. The van der Waals surface area contributed by atoms with Gasteiger partial charge in [0.15, 0.2) is 0 Å². The molecule has 0 aliphatic carbocycles. The van der Waals surface area contributed by atoms with Crippen molar-refractivity contribution in [3.05, 3.63) is 70.8 Å². The van der Waals surface area contributed by atoms with Crippen molar-refractivity contribution in [2.75, 3.05) is 0 Å². The van der Waals surface area contributed by atoms with Crippen LogP contribution in [0.3, 0.4) is 0 Å². The largest absolute Gasteiger partial charge is 0.0683 e. The van der Waals surface area contributed by atoms with Crippen molar-refractivity contribution in [3.8, 4) is 11.8 Å². The van der Waals surface area contributed by atoms with Crippen molar-refractivity contribution < 1.29 is 0 Å². The van der Waals surface area contributed by atoms with Crippen molar-refractivity contribution in [1.82, 2.24) is 0 Å². The van der Waals surface area contributed by atoms with E-state index in [0.717, 1.165) is 11.1 Å². The third-order valence-electron chi connectivity index (χ3n) is 2.45. The van der Waals surface area contributed by atoms with Gasteiger partial charge in [0.2, 0.25) is 0 Å². The predicted octanol–water partition coefficient (Wildman–Crippen LogP) is 4.73. The van der Waals surface area contributed by atoms with E-state index in [1.807, 2.05) is 13.8 Å². The molecule has 18 heavy (non-hydrogen) atoms. The third-order valence-corrected chi connectivity index (χ3v) is 2.45. The van der Waals surface area contributed by atoms with Gasteiger partial charge in [0.25, 0.3) is 0 Å². The molecule has 2 rings (SSSR count). The number of hydrogen-bond donors (Lipinski definition) is 0. The molecule has 0 heterocycles. The maximum absolute atomic E-state index is 3.16. The summed E-state index contributed by atoms with van der Waals surface area (Å²) in [6.45, 7) is 8.16. The van der Waals surface area contributed by atoms with E-state index in [9.17, 15) is 0 Å². The second-order valence-corrected chi connectivity index (χ2v) is 3.98. The van der Waals surface area contributed by atoms with E-state index in [-0.39, 0.29) is 0 Å². The molecule has 0 aliphatic heterocycles. The van der Waals surface area contributed by atoms with Crippen molar-refractivity contribution >= 4 is 0 Å². The fourth-order valence-corrected chi connectivity index (χ4v) is 1.42. The van der Waals surface area contributed by atoms with Gasteiger partial charge >= 0.3 is 0 Å². The first-order valence-electron chi connectivity index (χ1n) is 6.39. The molecule has 0 radical (unpaired) electrons. The Bertz CT molecular complexity index is 469. The van der Waals surface area contributed by atoms with E-state index in [2.05, 4.69) is 74.2 Å². The second kappa shape index (κ2) is 7.35. The lowest BCUT2D eigenvalue weighted by Crippen LogP contribution is -1.77. The van der Waals surface area contributed by atoms with E-state index in [1.165, 1.54) is 11.1 Å². The van der Waals surface area contributed by atoms with Crippen LogP contribution in [0.1, 0.15) is 36.1 Å². The maximum Gasteiger partial charge on any atom is 0.0249 e. The molecular formula is C18H20. The average Bonchev–Trinajstić information content (AvgIpc) is 2.42. The molecule has 0 saturated carbocycles. The molecule has 0 nitrogen and oxygen atoms in total. The summed E-state index contributed by atoms with van der Waals surface area (Å²) in [5, 5.41) is 0. The molecule has 92 valence electrons. The van der Waals surface area contributed by atoms with Crippen LogP contribution in [0.4, 0.5) is 0 Å². The van der Waals surface area contributed by atoms with Crippen LogP contribution >= 0.6 is 0 Å². The van der Waals surface area contributed by atoms with Gasteiger partial charge < -0.3 is 0 Å². The smallest absolute Gasteiger partial charge is 0.0249 e. The van der Waals surface area contributed by atoms with Crippen LogP contribution in [0.25, 0.3) is 0 Å². The highest BCUT2D eigenvalue weighted by Gasteiger charge is 1.88. The van der Waals surface area contributed by atoms with Crippen molar-refractivity contribution in [2.45, 2.75) is 27.7 Å². The predicted molar refractivity (Wildman–Crippen MR) is 79.7 cm³/mol. The first kappa shape index (κ1) is 14.1. The lowest BCUT2D eigenvalue weighted by atomic mass is 10.1. The number of aryl methyl sites for hydroxylation is 2. The molecule has 0 aliphatic rings. The lowest BCUT2D eigenvalue weighted by molar-refractivity contribution is 1.45. The van der Waals surface area contributed by atoms with Crippen molar-refractivity contribution in [3.63, 3.8) is 0 Å². The van der Waals surface area contributed by atoms with Gasteiger partial charge in [-0.05, 0) is 38.1 Å². The zero-order chi connectivity index (χ0) is 13.4. The highest BCUT2D eigenvalue weighted by atomic mass is 13.9. The monoisotopic (exact) mass is 236 g/mol. The number of hydrogen-bond acceptors (Lipinski definition) is 0. The third kappa shape index (κ3) is 4.47. The van der Waals surface area contributed by atoms with Crippen molar-refractivity contribution in [2.24, 2.45) is 0 Å². The highest BCUT2D eigenvalue weighted by Crippen LogP contribution is 2.03. The highest BCUT2D eigenvalue weighted by molar-refractivity contribution is 5.43. The van der Waals surface area contributed by atoms with Gasteiger partial charge in [-0.25, -0.2) is 0 Å².